The summed E-state index contributed by atoms with van der Waals surface area (Å²) >= 11 is 5.82. The normalized spacial score (nSPS) is 31.1. The van der Waals surface area contributed by atoms with Crippen LogP contribution in [0.2, 0.25) is 0 Å². The summed E-state index contributed by atoms with van der Waals surface area (Å²) < 4.78 is 0. The van der Waals surface area contributed by atoms with E-state index >= 15 is 0 Å². The Bertz CT molecular complexity index is 106. The van der Waals surface area contributed by atoms with Gasteiger partial charge in [0.05, 0.1) is 0 Å². The van der Waals surface area contributed by atoms with Gasteiger partial charge in [-0.2, -0.15) is 11.8 Å². The van der Waals surface area contributed by atoms with Crippen molar-refractivity contribution in [3.8, 4) is 0 Å². The lowest BCUT2D eigenvalue weighted by Gasteiger charge is -2.12. The number of hydrogen-bond donors (Lipinski definition) is 0. The van der Waals surface area contributed by atoms with Crippen LogP contribution in [0.3, 0.4) is 0 Å². The molecule has 0 aromatic rings. The minimum absolute atomic E-state index is 0.833. The summed E-state index contributed by atoms with van der Waals surface area (Å²) in [6, 6.07) is 0. The van der Waals surface area contributed by atoms with Crippen LogP contribution in [0.15, 0.2) is 0 Å². The lowest BCUT2D eigenvalue weighted by atomic mass is 10.1. The Morgan fingerprint density at radius 1 is 1.45 bits per heavy atom. The molecule has 0 spiro atoms. The van der Waals surface area contributed by atoms with Crippen LogP contribution >= 0.6 is 27.7 Å². The highest BCUT2D eigenvalue weighted by Crippen LogP contribution is 2.34. The fourth-order valence-electron chi connectivity index (χ4n) is 1.70. The van der Waals surface area contributed by atoms with Crippen LogP contribution in [0.4, 0.5) is 0 Å². The van der Waals surface area contributed by atoms with E-state index < -0.39 is 0 Å². The molecular weight excluding hydrogens is 220 g/mol. The van der Waals surface area contributed by atoms with Crippen LogP contribution in [-0.4, -0.2) is 16.3 Å². The molecule has 0 nitrogen and oxygen atoms in total. The molecule has 1 fully saturated rings. The van der Waals surface area contributed by atoms with Gasteiger partial charge in [-0.25, -0.2) is 0 Å². The summed E-state index contributed by atoms with van der Waals surface area (Å²) in [6.07, 6.45) is 5.73. The zero-order chi connectivity index (χ0) is 8.10. The maximum absolute atomic E-state index is 3.75. The fourth-order valence-corrected chi connectivity index (χ4v) is 3.31. The average Bonchev–Trinajstić information content (AvgIpc) is 2.37. The first-order valence-electron chi connectivity index (χ1n) is 4.56. The standard InChI is InChI=1S/C9H17BrS/c1-2-11-7-6-8-4-3-5-9(8)10/h8-9H,2-7H2,1H3. The topological polar surface area (TPSA) is 0 Å². The second kappa shape index (κ2) is 5.47. The Morgan fingerprint density at radius 2 is 2.27 bits per heavy atom. The molecule has 2 atom stereocenters. The third-order valence-corrected chi connectivity index (χ3v) is 4.54. The molecular formula is C9H17BrS. The maximum Gasteiger partial charge on any atom is 0.0174 e. The molecule has 0 amide bonds. The van der Waals surface area contributed by atoms with Crippen molar-refractivity contribution in [1.29, 1.82) is 0 Å². The van der Waals surface area contributed by atoms with Gasteiger partial charge in [-0.1, -0.05) is 29.3 Å². The minimum atomic E-state index is 0.833. The third kappa shape index (κ3) is 3.37. The summed E-state index contributed by atoms with van der Waals surface area (Å²) in [5.74, 6) is 3.62. The molecule has 1 saturated carbocycles. The van der Waals surface area contributed by atoms with Gasteiger partial charge in [0.2, 0.25) is 0 Å². The van der Waals surface area contributed by atoms with Gasteiger partial charge in [-0.15, -0.1) is 0 Å². The highest BCUT2D eigenvalue weighted by atomic mass is 79.9. The Balaban J connectivity index is 2.05. The van der Waals surface area contributed by atoms with Crippen LogP contribution in [0.5, 0.6) is 0 Å². The largest absolute Gasteiger partial charge is 0.162 e. The molecule has 2 heteroatoms. The Hall–Kier alpha value is 0.830. The van der Waals surface area contributed by atoms with Crippen LogP contribution in [0, 0.1) is 5.92 Å². The second-order valence-corrected chi connectivity index (χ2v) is 5.76. The number of halogens is 1. The zero-order valence-corrected chi connectivity index (χ0v) is 9.59. The van der Waals surface area contributed by atoms with Crippen molar-refractivity contribution in [2.75, 3.05) is 11.5 Å². The van der Waals surface area contributed by atoms with Crippen LogP contribution in [-0.2, 0) is 0 Å². The number of alkyl halides is 1. The summed E-state index contributed by atoms with van der Waals surface area (Å²) in [5, 5.41) is 0. The van der Waals surface area contributed by atoms with Gasteiger partial charge in [-0.05, 0) is 36.7 Å². The van der Waals surface area contributed by atoms with Gasteiger partial charge in [-0.3, -0.25) is 0 Å². The van der Waals surface area contributed by atoms with Crippen molar-refractivity contribution < 1.29 is 0 Å². The number of thioether (sulfide) groups is 1. The first-order chi connectivity index (χ1) is 5.34. The van der Waals surface area contributed by atoms with Gasteiger partial charge in [0, 0.05) is 4.83 Å². The van der Waals surface area contributed by atoms with E-state index in [0.29, 0.717) is 0 Å². The first kappa shape index (κ1) is 9.91. The molecule has 2 unspecified atom stereocenters. The van der Waals surface area contributed by atoms with Crippen molar-refractivity contribution in [3.63, 3.8) is 0 Å². The second-order valence-electron chi connectivity index (χ2n) is 3.19. The Morgan fingerprint density at radius 3 is 2.82 bits per heavy atom. The summed E-state index contributed by atoms with van der Waals surface area (Å²) in [4.78, 5) is 0.833. The average molecular weight is 237 g/mol. The molecule has 0 bridgehead atoms. The van der Waals surface area contributed by atoms with Crippen molar-refractivity contribution >= 4 is 27.7 Å². The maximum atomic E-state index is 3.75. The Labute approximate surface area is 82.6 Å². The SMILES string of the molecule is CCSCCC1CCCC1Br. The van der Waals surface area contributed by atoms with E-state index in [-0.39, 0.29) is 0 Å². The van der Waals surface area contributed by atoms with E-state index in [0.717, 1.165) is 10.7 Å². The lowest BCUT2D eigenvalue weighted by molar-refractivity contribution is 0.551. The fraction of sp³-hybridized carbons (Fsp3) is 1.00. The zero-order valence-electron chi connectivity index (χ0n) is 7.18. The van der Waals surface area contributed by atoms with Gasteiger partial charge in [0.15, 0.2) is 0 Å². The molecule has 1 rings (SSSR count). The number of rotatable bonds is 4. The van der Waals surface area contributed by atoms with Gasteiger partial charge >= 0.3 is 0 Å². The van der Waals surface area contributed by atoms with E-state index in [4.69, 9.17) is 0 Å². The summed E-state index contributed by atoms with van der Waals surface area (Å²) in [6.45, 7) is 2.24. The van der Waals surface area contributed by atoms with E-state index in [1.807, 2.05) is 0 Å². The van der Waals surface area contributed by atoms with E-state index in [1.54, 1.807) is 0 Å². The van der Waals surface area contributed by atoms with Gasteiger partial charge < -0.3 is 0 Å². The molecule has 0 saturated heterocycles. The predicted octanol–water partition coefficient (Wildman–Crippen LogP) is 3.69. The molecule has 0 aromatic carbocycles. The summed E-state index contributed by atoms with van der Waals surface area (Å²) in [7, 11) is 0. The highest BCUT2D eigenvalue weighted by molar-refractivity contribution is 9.09. The Kier molecular flexibility index (Phi) is 4.93. The van der Waals surface area contributed by atoms with E-state index in [1.165, 1.54) is 37.2 Å². The molecule has 0 aliphatic heterocycles. The quantitative estimate of drug-likeness (QED) is 0.530. The van der Waals surface area contributed by atoms with Crippen molar-refractivity contribution in [2.45, 2.75) is 37.4 Å². The lowest BCUT2D eigenvalue weighted by Crippen LogP contribution is -2.07. The highest BCUT2D eigenvalue weighted by Gasteiger charge is 2.23. The van der Waals surface area contributed by atoms with Crippen LogP contribution in [0.25, 0.3) is 0 Å². The third-order valence-electron chi connectivity index (χ3n) is 2.40. The van der Waals surface area contributed by atoms with Crippen molar-refractivity contribution in [3.05, 3.63) is 0 Å². The molecule has 1 aliphatic carbocycles. The predicted molar refractivity (Wildman–Crippen MR) is 57.7 cm³/mol. The molecule has 66 valence electrons. The summed E-state index contributed by atoms with van der Waals surface area (Å²) in [5.41, 5.74) is 0. The van der Waals surface area contributed by atoms with Crippen LogP contribution < -0.4 is 0 Å². The smallest absolute Gasteiger partial charge is 0.0174 e. The van der Waals surface area contributed by atoms with Crippen molar-refractivity contribution in [1.82, 2.24) is 0 Å². The molecule has 0 radical (unpaired) electrons. The molecule has 0 heterocycles. The molecule has 0 N–H and O–H groups in total. The molecule has 1 aliphatic rings. The minimum Gasteiger partial charge on any atom is -0.162 e. The van der Waals surface area contributed by atoms with E-state index in [9.17, 15) is 0 Å². The van der Waals surface area contributed by atoms with Gasteiger partial charge in [0.1, 0.15) is 0 Å². The van der Waals surface area contributed by atoms with Gasteiger partial charge in [0.25, 0.3) is 0 Å². The first-order valence-corrected chi connectivity index (χ1v) is 6.63. The van der Waals surface area contributed by atoms with E-state index in [2.05, 4.69) is 34.6 Å². The molecule has 0 aromatic heterocycles. The van der Waals surface area contributed by atoms with Crippen LogP contribution in [0.1, 0.15) is 32.6 Å². The number of hydrogen-bond acceptors (Lipinski definition) is 1. The molecule has 11 heavy (non-hydrogen) atoms. The van der Waals surface area contributed by atoms with Crippen molar-refractivity contribution in [2.24, 2.45) is 5.92 Å². The monoisotopic (exact) mass is 236 g/mol.